The fraction of sp³-hybridized carbons (Fsp3) is 0.400. The molecule has 3 rings (SSSR count). The summed E-state index contributed by atoms with van der Waals surface area (Å²) in [5, 5.41) is 18.9. The molecule has 0 aliphatic carbocycles. The molecule has 0 radical (unpaired) electrons. The van der Waals surface area contributed by atoms with Crippen LogP contribution >= 0.6 is 0 Å². The normalized spacial score (nSPS) is 11.0. The molecule has 0 saturated heterocycles. The van der Waals surface area contributed by atoms with Crippen molar-refractivity contribution in [3.63, 3.8) is 0 Å². The van der Waals surface area contributed by atoms with E-state index in [-0.39, 0.29) is 5.91 Å². The first-order valence-electron chi connectivity index (χ1n) is 7.53. The monoisotopic (exact) mass is 329 g/mol. The minimum absolute atomic E-state index is 0.201. The highest BCUT2D eigenvalue weighted by atomic mass is 16.6. The number of nitrogens with one attached hydrogen (secondary N) is 1. The summed E-state index contributed by atoms with van der Waals surface area (Å²) in [6.45, 7) is 6.57. The Morgan fingerprint density at radius 2 is 2.08 bits per heavy atom. The first kappa shape index (κ1) is 15.9. The minimum Gasteiger partial charge on any atom is -0.334 e. The number of hydrogen-bond acceptors (Lipinski definition) is 6. The molecule has 0 spiro atoms. The number of aromatic amines is 1. The SMILES string of the molecule is Cc1cc(C)n(Cc2cc(C(=O)N(C)Cc3nonc3C)n[nH]2)n1. The van der Waals surface area contributed by atoms with Gasteiger partial charge in [0.2, 0.25) is 0 Å². The van der Waals surface area contributed by atoms with E-state index in [4.69, 9.17) is 0 Å². The van der Waals surface area contributed by atoms with Crippen LogP contribution in [0.1, 0.15) is 39.0 Å². The zero-order valence-electron chi connectivity index (χ0n) is 14.1. The molecule has 0 aromatic carbocycles. The van der Waals surface area contributed by atoms with Crippen LogP contribution in [0, 0.1) is 20.8 Å². The van der Waals surface area contributed by atoms with Crippen LogP contribution in [0.4, 0.5) is 0 Å². The maximum atomic E-state index is 12.5. The van der Waals surface area contributed by atoms with E-state index < -0.39 is 0 Å². The molecular formula is C15H19N7O2. The van der Waals surface area contributed by atoms with E-state index in [9.17, 15) is 4.79 Å². The van der Waals surface area contributed by atoms with Gasteiger partial charge in [0.05, 0.1) is 24.5 Å². The van der Waals surface area contributed by atoms with Crippen LogP contribution in [0.25, 0.3) is 0 Å². The highest BCUT2D eigenvalue weighted by molar-refractivity contribution is 5.92. The minimum atomic E-state index is -0.201. The van der Waals surface area contributed by atoms with Crippen molar-refractivity contribution < 1.29 is 9.42 Å². The lowest BCUT2D eigenvalue weighted by molar-refractivity contribution is 0.0776. The van der Waals surface area contributed by atoms with Gasteiger partial charge in [-0.1, -0.05) is 10.3 Å². The largest absolute Gasteiger partial charge is 0.334 e. The molecule has 24 heavy (non-hydrogen) atoms. The molecule has 9 heteroatoms. The molecule has 3 aromatic heterocycles. The second-order valence-electron chi connectivity index (χ2n) is 5.82. The lowest BCUT2D eigenvalue weighted by atomic mass is 10.3. The number of hydrogen-bond donors (Lipinski definition) is 1. The number of rotatable bonds is 5. The summed E-state index contributed by atoms with van der Waals surface area (Å²) in [6, 6.07) is 3.74. The van der Waals surface area contributed by atoms with Crippen molar-refractivity contribution in [2.45, 2.75) is 33.9 Å². The fourth-order valence-electron chi connectivity index (χ4n) is 2.43. The van der Waals surface area contributed by atoms with Crippen molar-refractivity contribution in [2.24, 2.45) is 0 Å². The molecular weight excluding hydrogens is 310 g/mol. The molecule has 9 nitrogen and oxygen atoms in total. The number of carbonyl (C=O) groups excluding carboxylic acids is 1. The van der Waals surface area contributed by atoms with Crippen molar-refractivity contribution in [1.29, 1.82) is 0 Å². The highest BCUT2D eigenvalue weighted by Gasteiger charge is 2.18. The van der Waals surface area contributed by atoms with Crippen molar-refractivity contribution in [3.8, 4) is 0 Å². The topological polar surface area (TPSA) is 106 Å². The van der Waals surface area contributed by atoms with Gasteiger partial charge in [-0.05, 0) is 32.9 Å². The second-order valence-corrected chi connectivity index (χ2v) is 5.82. The van der Waals surface area contributed by atoms with E-state index in [0.717, 1.165) is 17.1 Å². The van der Waals surface area contributed by atoms with Crippen molar-refractivity contribution >= 4 is 5.91 Å². The third kappa shape index (κ3) is 3.19. The van der Waals surface area contributed by atoms with Crippen molar-refractivity contribution in [3.05, 3.63) is 46.3 Å². The zero-order valence-corrected chi connectivity index (χ0v) is 14.1. The third-order valence-corrected chi connectivity index (χ3v) is 3.75. The molecule has 0 saturated carbocycles. The van der Waals surface area contributed by atoms with Crippen LogP contribution in [0.15, 0.2) is 16.8 Å². The number of amides is 1. The number of nitrogens with zero attached hydrogens (tertiary/aromatic N) is 6. The van der Waals surface area contributed by atoms with Gasteiger partial charge in [0, 0.05) is 12.7 Å². The Balaban J connectivity index is 1.69. The van der Waals surface area contributed by atoms with Crippen LogP contribution in [0.3, 0.4) is 0 Å². The summed E-state index contributed by atoms with van der Waals surface area (Å²) in [7, 11) is 1.69. The van der Waals surface area contributed by atoms with E-state index in [1.165, 1.54) is 4.90 Å². The van der Waals surface area contributed by atoms with Crippen molar-refractivity contribution in [2.75, 3.05) is 7.05 Å². The summed E-state index contributed by atoms with van der Waals surface area (Å²) in [4.78, 5) is 14.0. The maximum Gasteiger partial charge on any atom is 0.274 e. The molecule has 1 amide bonds. The zero-order chi connectivity index (χ0) is 17.3. The van der Waals surface area contributed by atoms with Gasteiger partial charge in [0.25, 0.3) is 5.91 Å². The molecule has 0 atom stereocenters. The predicted octanol–water partition coefficient (Wildman–Crippen LogP) is 1.23. The van der Waals surface area contributed by atoms with E-state index in [0.29, 0.717) is 30.2 Å². The third-order valence-electron chi connectivity index (χ3n) is 3.75. The Hall–Kier alpha value is -2.97. The predicted molar refractivity (Wildman–Crippen MR) is 84.2 cm³/mol. The van der Waals surface area contributed by atoms with Crippen LogP contribution in [-0.4, -0.2) is 48.1 Å². The Morgan fingerprint density at radius 1 is 1.29 bits per heavy atom. The van der Waals surface area contributed by atoms with Crippen molar-refractivity contribution in [1.82, 2.24) is 35.2 Å². The van der Waals surface area contributed by atoms with Gasteiger partial charge in [-0.25, -0.2) is 4.63 Å². The molecule has 0 fully saturated rings. The Kier molecular flexibility index (Phi) is 4.15. The second kappa shape index (κ2) is 6.26. The maximum absolute atomic E-state index is 12.5. The molecule has 1 N–H and O–H groups in total. The number of carbonyl (C=O) groups is 1. The molecule has 3 heterocycles. The average Bonchev–Trinajstić information content (AvgIpc) is 3.22. The summed E-state index contributed by atoms with van der Waals surface area (Å²) in [6.07, 6.45) is 0. The number of aryl methyl sites for hydroxylation is 3. The summed E-state index contributed by atoms with van der Waals surface area (Å²) in [5.74, 6) is -0.201. The Bertz CT molecular complexity index is 861. The Labute approximate surface area is 138 Å². The molecule has 3 aromatic rings. The van der Waals surface area contributed by atoms with E-state index in [1.54, 1.807) is 20.0 Å². The highest BCUT2D eigenvalue weighted by Crippen LogP contribution is 2.10. The van der Waals surface area contributed by atoms with Gasteiger partial charge < -0.3 is 4.90 Å². The molecule has 0 bridgehead atoms. The van der Waals surface area contributed by atoms with Gasteiger partial charge in [0.15, 0.2) is 0 Å². The molecule has 0 aliphatic rings. The summed E-state index contributed by atoms with van der Waals surface area (Å²) in [5.41, 5.74) is 4.48. The van der Waals surface area contributed by atoms with Gasteiger partial charge >= 0.3 is 0 Å². The first-order valence-corrected chi connectivity index (χ1v) is 7.53. The number of H-pyrrole nitrogens is 1. The Morgan fingerprint density at radius 3 is 2.71 bits per heavy atom. The van der Waals surface area contributed by atoms with Gasteiger partial charge in [-0.15, -0.1) is 0 Å². The fourth-order valence-corrected chi connectivity index (χ4v) is 2.43. The van der Waals surface area contributed by atoms with Crippen LogP contribution in [0.5, 0.6) is 0 Å². The molecule has 0 aliphatic heterocycles. The summed E-state index contributed by atoms with van der Waals surface area (Å²) < 4.78 is 6.51. The summed E-state index contributed by atoms with van der Waals surface area (Å²) >= 11 is 0. The smallest absolute Gasteiger partial charge is 0.274 e. The van der Waals surface area contributed by atoms with Crippen LogP contribution < -0.4 is 0 Å². The molecule has 126 valence electrons. The van der Waals surface area contributed by atoms with E-state index in [1.807, 2.05) is 24.6 Å². The average molecular weight is 329 g/mol. The van der Waals surface area contributed by atoms with Gasteiger partial charge in [-0.3, -0.25) is 14.6 Å². The van der Waals surface area contributed by atoms with Gasteiger partial charge in [-0.2, -0.15) is 10.2 Å². The van der Waals surface area contributed by atoms with Crippen LogP contribution in [0.2, 0.25) is 0 Å². The van der Waals surface area contributed by atoms with Gasteiger partial charge in [0.1, 0.15) is 17.1 Å². The first-order chi connectivity index (χ1) is 11.4. The lowest BCUT2D eigenvalue weighted by Crippen LogP contribution is -2.27. The standard InChI is InChI=1S/C15H19N7O2/c1-9-5-10(2)22(18-9)7-12-6-13(17-16-12)15(23)21(4)8-14-11(3)19-24-20-14/h5-6H,7-8H2,1-4H3,(H,16,17). The quantitative estimate of drug-likeness (QED) is 0.755. The lowest BCUT2D eigenvalue weighted by Gasteiger charge is -2.13. The molecule has 0 unspecified atom stereocenters. The van der Waals surface area contributed by atoms with E-state index >= 15 is 0 Å². The van der Waals surface area contributed by atoms with E-state index in [2.05, 4.69) is 30.2 Å². The van der Waals surface area contributed by atoms with Crippen LogP contribution in [-0.2, 0) is 13.1 Å². The number of aromatic nitrogens is 6.